The molecule has 0 bridgehead atoms. The molecule has 0 aromatic heterocycles. The second-order valence-corrected chi connectivity index (χ2v) is 32.9. The molecule has 0 aromatic carbocycles. The van der Waals surface area contributed by atoms with Crippen LogP contribution in [0.15, 0.2) is 0 Å². The molecule has 0 aliphatic carbocycles. The van der Waals surface area contributed by atoms with Gasteiger partial charge < -0.3 is 33.8 Å². The first-order chi connectivity index (χ1) is 47.8. The van der Waals surface area contributed by atoms with Crippen LogP contribution in [0.2, 0.25) is 0 Å². The molecule has 6 atom stereocenters. The van der Waals surface area contributed by atoms with E-state index in [9.17, 15) is 43.2 Å². The van der Waals surface area contributed by atoms with Crippen molar-refractivity contribution < 1.29 is 80.2 Å². The second-order valence-electron chi connectivity index (χ2n) is 30.0. The number of esters is 4. The van der Waals surface area contributed by atoms with E-state index in [2.05, 4.69) is 48.5 Å². The van der Waals surface area contributed by atoms with E-state index < -0.39 is 97.5 Å². The predicted octanol–water partition coefficient (Wildman–Crippen LogP) is 23.7. The molecule has 0 saturated carbocycles. The molecular weight excluding hydrogens is 1290 g/mol. The molecule has 17 nitrogen and oxygen atoms in total. The zero-order valence-corrected chi connectivity index (χ0v) is 66.8. The van der Waals surface area contributed by atoms with Crippen molar-refractivity contribution in [3.8, 4) is 0 Å². The Labute approximate surface area is 607 Å². The van der Waals surface area contributed by atoms with E-state index in [-0.39, 0.29) is 25.7 Å². The Morgan fingerprint density at radius 1 is 0.293 bits per heavy atom. The van der Waals surface area contributed by atoms with Crippen molar-refractivity contribution in [2.45, 2.75) is 433 Å². The maximum absolute atomic E-state index is 13.1. The first-order valence-corrected chi connectivity index (χ1v) is 44.4. The molecule has 0 heterocycles. The molecule has 0 saturated heterocycles. The first-order valence-electron chi connectivity index (χ1n) is 41.4. The summed E-state index contributed by atoms with van der Waals surface area (Å²) in [5.74, 6) is 0.166. The van der Waals surface area contributed by atoms with Crippen molar-refractivity contribution in [3.63, 3.8) is 0 Å². The van der Waals surface area contributed by atoms with E-state index in [1.165, 1.54) is 218 Å². The third-order valence-electron chi connectivity index (χ3n) is 19.0. The summed E-state index contributed by atoms with van der Waals surface area (Å²) in [7, 11) is -9.92. The van der Waals surface area contributed by atoms with Crippen molar-refractivity contribution in [3.05, 3.63) is 0 Å². The molecule has 0 fully saturated rings. The maximum atomic E-state index is 13.1. The number of hydrogen-bond acceptors (Lipinski definition) is 15. The molecule has 0 aliphatic heterocycles. The van der Waals surface area contributed by atoms with Crippen molar-refractivity contribution in [2.75, 3.05) is 39.6 Å². The minimum atomic E-state index is -4.96. The van der Waals surface area contributed by atoms with Gasteiger partial charge in [-0.25, -0.2) is 9.13 Å². The molecule has 3 unspecified atom stereocenters. The molecule has 0 rings (SSSR count). The Bertz CT molecular complexity index is 1920. The molecule has 0 radical (unpaired) electrons. The van der Waals surface area contributed by atoms with Crippen LogP contribution >= 0.6 is 15.6 Å². The predicted molar refractivity (Wildman–Crippen MR) is 405 cm³/mol. The molecule has 19 heteroatoms. The van der Waals surface area contributed by atoms with Crippen LogP contribution < -0.4 is 0 Å². The number of phosphoric ester groups is 2. The number of aliphatic hydroxyl groups is 1. The van der Waals surface area contributed by atoms with Gasteiger partial charge in [-0.1, -0.05) is 363 Å². The Hall–Kier alpha value is -1.94. The summed E-state index contributed by atoms with van der Waals surface area (Å²) in [6, 6.07) is 0. The highest BCUT2D eigenvalue weighted by molar-refractivity contribution is 7.47. The van der Waals surface area contributed by atoms with Gasteiger partial charge in [-0.15, -0.1) is 0 Å². The van der Waals surface area contributed by atoms with Crippen LogP contribution in [0.4, 0.5) is 0 Å². The van der Waals surface area contributed by atoms with Gasteiger partial charge in [0.25, 0.3) is 0 Å². The van der Waals surface area contributed by atoms with Gasteiger partial charge in [0.1, 0.15) is 19.3 Å². The lowest BCUT2D eigenvalue weighted by molar-refractivity contribution is -0.161. The Kier molecular flexibility index (Phi) is 69.0. The molecule has 0 amide bonds. The normalized spacial score (nSPS) is 14.3. The topological polar surface area (TPSA) is 237 Å². The van der Waals surface area contributed by atoms with E-state index in [0.29, 0.717) is 31.6 Å². The molecule has 588 valence electrons. The first kappa shape index (κ1) is 97.1. The van der Waals surface area contributed by atoms with Gasteiger partial charge in [-0.3, -0.25) is 37.3 Å². The van der Waals surface area contributed by atoms with Crippen molar-refractivity contribution in [1.82, 2.24) is 0 Å². The number of rotatable bonds is 78. The third-order valence-corrected chi connectivity index (χ3v) is 20.9. The highest BCUT2D eigenvalue weighted by atomic mass is 31.2. The monoisotopic (exact) mass is 1450 g/mol. The fourth-order valence-electron chi connectivity index (χ4n) is 12.3. The summed E-state index contributed by atoms with van der Waals surface area (Å²) in [5, 5.41) is 10.6. The average molecular weight is 1450 g/mol. The lowest BCUT2D eigenvalue weighted by Gasteiger charge is -2.21. The molecule has 0 aliphatic rings. The van der Waals surface area contributed by atoms with Crippen molar-refractivity contribution >= 4 is 39.5 Å². The second kappa shape index (κ2) is 70.4. The van der Waals surface area contributed by atoms with Crippen molar-refractivity contribution in [2.24, 2.45) is 17.8 Å². The Balaban J connectivity index is 5.23. The van der Waals surface area contributed by atoms with Gasteiger partial charge in [0.15, 0.2) is 12.2 Å². The summed E-state index contributed by atoms with van der Waals surface area (Å²) < 4.78 is 68.7. The lowest BCUT2D eigenvalue weighted by atomic mass is 9.99. The Morgan fingerprint density at radius 3 is 0.768 bits per heavy atom. The van der Waals surface area contributed by atoms with Gasteiger partial charge in [0.05, 0.1) is 26.4 Å². The van der Waals surface area contributed by atoms with E-state index >= 15 is 0 Å². The quantitative estimate of drug-likeness (QED) is 0.0222. The van der Waals surface area contributed by atoms with Crippen LogP contribution in [0.25, 0.3) is 0 Å². The molecular formula is C80H156O17P2. The summed E-state index contributed by atoms with van der Waals surface area (Å²) in [6.07, 6.45) is 58.4. The van der Waals surface area contributed by atoms with Crippen LogP contribution in [0, 0.1) is 17.8 Å². The van der Waals surface area contributed by atoms with Crippen LogP contribution in [-0.4, -0.2) is 96.7 Å². The minimum absolute atomic E-state index is 0.104. The van der Waals surface area contributed by atoms with Gasteiger partial charge in [0, 0.05) is 25.7 Å². The molecule has 0 aromatic rings. The van der Waals surface area contributed by atoms with Gasteiger partial charge >= 0.3 is 39.5 Å². The fraction of sp³-hybridized carbons (Fsp3) is 0.950. The smallest absolute Gasteiger partial charge is 0.462 e. The SMILES string of the molecule is CCCCCCCCCCCCCCCCCCCCCC(=O)O[C@H](COC(=O)CCCCCCCCCCCCCCCCCC(C)C)COP(=O)(O)OC[C@@H](O)COP(=O)(O)OC[C@@H](COC(=O)CCCCCCCCCC(C)C)OC(=O)CCCCCCCCCCC(C)CC. The average Bonchev–Trinajstić information content (AvgIpc) is 1.02. The van der Waals surface area contributed by atoms with Crippen molar-refractivity contribution in [1.29, 1.82) is 0 Å². The number of unbranched alkanes of at least 4 members (excludes halogenated alkanes) is 45. The summed E-state index contributed by atoms with van der Waals surface area (Å²) in [4.78, 5) is 73.0. The molecule has 0 spiro atoms. The molecule has 3 N–H and O–H groups in total. The zero-order chi connectivity index (χ0) is 73.0. The zero-order valence-electron chi connectivity index (χ0n) is 65.0. The lowest BCUT2D eigenvalue weighted by Crippen LogP contribution is -2.30. The minimum Gasteiger partial charge on any atom is -0.462 e. The number of aliphatic hydroxyl groups excluding tert-OH is 1. The largest absolute Gasteiger partial charge is 0.472 e. The number of carbonyl (C=O) groups is 4. The van der Waals surface area contributed by atoms with E-state index in [1.54, 1.807) is 0 Å². The number of phosphoric acid groups is 2. The van der Waals surface area contributed by atoms with E-state index in [0.717, 1.165) is 108 Å². The van der Waals surface area contributed by atoms with Crippen LogP contribution in [-0.2, 0) is 65.4 Å². The molecule has 99 heavy (non-hydrogen) atoms. The Morgan fingerprint density at radius 2 is 0.515 bits per heavy atom. The number of ether oxygens (including phenoxy) is 4. The highest BCUT2D eigenvalue weighted by Crippen LogP contribution is 2.45. The van der Waals surface area contributed by atoms with E-state index in [1.807, 2.05) is 0 Å². The third kappa shape index (κ3) is 72.8. The number of hydrogen-bond donors (Lipinski definition) is 3. The number of carbonyl (C=O) groups excluding carboxylic acids is 4. The maximum Gasteiger partial charge on any atom is 0.472 e. The summed E-state index contributed by atoms with van der Waals surface area (Å²) >= 11 is 0. The van der Waals surface area contributed by atoms with Crippen LogP contribution in [0.3, 0.4) is 0 Å². The van der Waals surface area contributed by atoms with Crippen LogP contribution in [0.5, 0.6) is 0 Å². The van der Waals surface area contributed by atoms with Gasteiger partial charge in [-0.05, 0) is 43.4 Å². The fourth-order valence-corrected chi connectivity index (χ4v) is 13.9. The standard InChI is InChI=1S/C80H156O17P2/c1-8-10-11-12-13-14-15-16-17-18-19-20-23-27-30-33-41-49-56-63-79(84)96-75(67-90-77(82)61-54-47-40-32-29-26-24-21-22-25-28-31-37-44-51-58-71(3)4)69-94-98(86,87)92-65-74(81)66-93-99(88,89)95-70-76(68-91-78(83)62-55-48-43-36-38-45-52-59-72(5)6)97-80(85)64-57-50-42-35-34-39-46-53-60-73(7)9-2/h71-76,81H,8-70H2,1-7H3,(H,86,87)(H,88,89)/t73?,74-,75-,76-/m1/s1. The summed E-state index contributed by atoms with van der Waals surface area (Å²) in [5.41, 5.74) is 0. The van der Waals surface area contributed by atoms with E-state index in [4.69, 9.17) is 37.0 Å². The van der Waals surface area contributed by atoms with Gasteiger partial charge in [-0.2, -0.15) is 0 Å². The highest BCUT2D eigenvalue weighted by Gasteiger charge is 2.30. The summed E-state index contributed by atoms with van der Waals surface area (Å²) in [6.45, 7) is 11.9. The van der Waals surface area contributed by atoms with Gasteiger partial charge in [0.2, 0.25) is 0 Å². The van der Waals surface area contributed by atoms with Crippen LogP contribution in [0.1, 0.15) is 414 Å².